The zero-order valence-corrected chi connectivity index (χ0v) is 14.7. The van der Waals surface area contributed by atoms with E-state index in [2.05, 4.69) is 22.4 Å². The van der Waals surface area contributed by atoms with Crippen LogP contribution in [0, 0.1) is 13.8 Å². The highest BCUT2D eigenvalue weighted by molar-refractivity contribution is 7.13. The molecule has 0 fully saturated rings. The van der Waals surface area contributed by atoms with Gasteiger partial charge in [0.1, 0.15) is 0 Å². The molecule has 4 nitrogen and oxygen atoms in total. The van der Waals surface area contributed by atoms with Crippen molar-refractivity contribution in [2.75, 3.05) is 5.32 Å². The smallest absolute Gasteiger partial charge is 0.258 e. The molecule has 1 aromatic carbocycles. The van der Waals surface area contributed by atoms with Crippen molar-refractivity contribution in [3.8, 4) is 0 Å². The number of hydrogen-bond donors (Lipinski definition) is 1. The van der Waals surface area contributed by atoms with Gasteiger partial charge in [-0.05, 0) is 57.2 Å². The van der Waals surface area contributed by atoms with Crippen molar-refractivity contribution in [3.63, 3.8) is 0 Å². The molecule has 0 spiro atoms. The minimum absolute atomic E-state index is 0.0690. The van der Waals surface area contributed by atoms with Crippen LogP contribution in [-0.2, 0) is 12.8 Å². The molecule has 0 bridgehead atoms. The minimum Gasteiger partial charge on any atom is -0.298 e. The number of aromatic nitrogens is 2. The Morgan fingerprint density at radius 2 is 2.00 bits per heavy atom. The van der Waals surface area contributed by atoms with Gasteiger partial charge in [-0.3, -0.25) is 15.1 Å². The summed E-state index contributed by atoms with van der Waals surface area (Å²) in [7, 11) is 0. The van der Waals surface area contributed by atoms with Crippen LogP contribution in [0.1, 0.15) is 45.7 Å². The molecule has 0 atom stereocenters. The molecule has 0 unspecified atom stereocenters. The number of thiazole rings is 1. The number of carbonyl (C=O) groups excluding carboxylic acids is 1. The summed E-state index contributed by atoms with van der Waals surface area (Å²) in [5.41, 5.74) is 5.95. The van der Waals surface area contributed by atoms with Crippen molar-refractivity contribution in [2.24, 2.45) is 0 Å². The summed E-state index contributed by atoms with van der Waals surface area (Å²) >= 11 is 1.46. The van der Waals surface area contributed by atoms with E-state index in [1.165, 1.54) is 11.3 Å². The van der Waals surface area contributed by atoms with E-state index in [0.29, 0.717) is 5.13 Å². The van der Waals surface area contributed by atoms with E-state index in [1.807, 2.05) is 25.3 Å². The molecular formula is C19H19N3OS. The van der Waals surface area contributed by atoms with Crippen molar-refractivity contribution in [1.29, 1.82) is 0 Å². The van der Waals surface area contributed by atoms with Gasteiger partial charge in [-0.25, -0.2) is 4.98 Å². The highest BCUT2D eigenvalue weighted by Gasteiger charge is 2.23. The summed E-state index contributed by atoms with van der Waals surface area (Å²) in [6, 6.07) is 6.14. The minimum atomic E-state index is -0.0690. The first-order valence-electron chi connectivity index (χ1n) is 8.27. The molecule has 2 heterocycles. The summed E-state index contributed by atoms with van der Waals surface area (Å²) in [6.07, 6.45) is 4.13. The normalized spacial score (nSPS) is 13.8. The Labute approximate surface area is 145 Å². The molecule has 2 aromatic heterocycles. The maximum absolute atomic E-state index is 13.0. The number of fused-ring (bicyclic) bond motifs is 2. The molecule has 1 aliphatic carbocycles. The second-order valence-corrected chi connectivity index (χ2v) is 7.25. The van der Waals surface area contributed by atoms with E-state index in [4.69, 9.17) is 4.98 Å². The van der Waals surface area contributed by atoms with Crippen LogP contribution in [0.3, 0.4) is 0 Å². The van der Waals surface area contributed by atoms with Gasteiger partial charge in [0, 0.05) is 16.5 Å². The Bertz CT molecular complexity index is 945. The topological polar surface area (TPSA) is 54.9 Å². The molecule has 3 aromatic rings. The Kier molecular flexibility index (Phi) is 3.81. The average Bonchev–Trinajstić information content (AvgIpc) is 2.97. The summed E-state index contributed by atoms with van der Waals surface area (Å²) in [6.45, 7) is 3.98. The van der Waals surface area contributed by atoms with Gasteiger partial charge < -0.3 is 0 Å². The predicted molar refractivity (Wildman–Crippen MR) is 97.9 cm³/mol. The SMILES string of the molecule is Cc1ccc2nc3c(c(C(=O)Nc4nc(C)cs4)c2c1)CCCC3. The van der Waals surface area contributed by atoms with Gasteiger partial charge in [-0.2, -0.15) is 0 Å². The van der Waals surface area contributed by atoms with E-state index >= 15 is 0 Å². The van der Waals surface area contributed by atoms with E-state index in [-0.39, 0.29) is 5.91 Å². The molecule has 0 saturated heterocycles. The number of pyridine rings is 1. The second kappa shape index (κ2) is 5.98. The lowest BCUT2D eigenvalue weighted by atomic mass is 9.89. The second-order valence-electron chi connectivity index (χ2n) is 6.39. The first-order valence-corrected chi connectivity index (χ1v) is 9.15. The number of nitrogens with one attached hydrogen (secondary N) is 1. The molecule has 0 saturated carbocycles. The molecule has 0 aliphatic heterocycles. The predicted octanol–water partition coefficient (Wildman–Crippen LogP) is 4.44. The van der Waals surface area contributed by atoms with Crippen LogP contribution in [0.5, 0.6) is 0 Å². The first-order chi connectivity index (χ1) is 11.6. The number of rotatable bonds is 2. The van der Waals surface area contributed by atoms with Crippen molar-refractivity contribution < 1.29 is 4.79 Å². The zero-order valence-electron chi connectivity index (χ0n) is 13.8. The molecule has 0 radical (unpaired) electrons. The van der Waals surface area contributed by atoms with Gasteiger partial charge in [0.15, 0.2) is 5.13 Å². The number of anilines is 1. The number of benzene rings is 1. The van der Waals surface area contributed by atoms with Crippen LogP contribution in [-0.4, -0.2) is 15.9 Å². The van der Waals surface area contributed by atoms with Gasteiger partial charge in [-0.1, -0.05) is 11.6 Å². The molecule has 1 N–H and O–H groups in total. The maximum atomic E-state index is 13.0. The number of aryl methyl sites for hydroxylation is 3. The van der Waals surface area contributed by atoms with Crippen molar-refractivity contribution in [3.05, 3.63) is 51.7 Å². The van der Waals surface area contributed by atoms with E-state index < -0.39 is 0 Å². The summed E-state index contributed by atoms with van der Waals surface area (Å²) in [5, 5.41) is 6.52. The Balaban J connectivity index is 1.87. The largest absolute Gasteiger partial charge is 0.298 e. The third-order valence-electron chi connectivity index (χ3n) is 4.48. The van der Waals surface area contributed by atoms with E-state index in [0.717, 1.165) is 64.7 Å². The van der Waals surface area contributed by atoms with Gasteiger partial charge in [-0.15, -0.1) is 11.3 Å². The van der Waals surface area contributed by atoms with Gasteiger partial charge in [0.2, 0.25) is 0 Å². The lowest BCUT2D eigenvalue weighted by Crippen LogP contribution is -2.19. The molecule has 4 rings (SSSR count). The summed E-state index contributed by atoms with van der Waals surface area (Å²) < 4.78 is 0. The first kappa shape index (κ1) is 15.3. The quantitative estimate of drug-likeness (QED) is 0.752. The number of hydrogen-bond acceptors (Lipinski definition) is 4. The number of nitrogens with zero attached hydrogens (tertiary/aromatic N) is 2. The monoisotopic (exact) mass is 337 g/mol. The van der Waals surface area contributed by atoms with Gasteiger partial charge >= 0.3 is 0 Å². The van der Waals surface area contributed by atoms with E-state index in [1.54, 1.807) is 0 Å². The fraction of sp³-hybridized carbons (Fsp3) is 0.316. The molecule has 122 valence electrons. The molecule has 5 heteroatoms. The Hall–Kier alpha value is -2.27. The van der Waals surface area contributed by atoms with Crippen LogP contribution >= 0.6 is 11.3 Å². The third-order valence-corrected chi connectivity index (χ3v) is 5.36. The lowest BCUT2D eigenvalue weighted by Gasteiger charge is -2.20. The number of amides is 1. The van der Waals surface area contributed by atoms with Crippen LogP contribution in [0.15, 0.2) is 23.6 Å². The Morgan fingerprint density at radius 3 is 2.79 bits per heavy atom. The standard InChI is InChI=1S/C19H19N3OS/c1-11-7-8-16-14(9-11)17(13-5-3-4-6-15(13)21-16)18(23)22-19-20-12(2)10-24-19/h7-10H,3-6H2,1-2H3,(H,20,22,23). The van der Waals surface area contributed by atoms with Gasteiger partial charge in [0.25, 0.3) is 5.91 Å². The average molecular weight is 337 g/mol. The fourth-order valence-corrected chi connectivity index (χ4v) is 4.05. The lowest BCUT2D eigenvalue weighted by molar-refractivity contribution is 0.102. The van der Waals surface area contributed by atoms with Crippen LogP contribution in [0.2, 0.25) is 0 Å². The highest BCUT2D eigenvalue weighted by atomic mass is 32.1. The molecule has 1 aliphatic rings. The zero-order chi connectivity index (χ0) is 16.7. The number of carbonyl (C=O) groups is 1. The fourth-order valence-electron chi connectivity index (χ4n) is 3.37. The van der Waals surface area contributed by atoms with Crippen LogP contribution < -0.4 is 5.32 Å². The van der Waals surface area contributed by atoms with Crippen molar-refractivity contribution in [1.82, 2.24) is 9.97 Å². The van der Waals surface area contributed by atoms with Crippen LogP contribution in [0.25, 0.3) is 10.9 Å². The highest BCUT2D eigenvalue weighted by Crippen LogP contribution is 2.30. The van der Waals surface area contributed by atoms with Crippen LogP contribution in [0.4, 0.5) is 5.13 Å². The van der Waals surface area contributed by atoms with Crippen molar-refractivity contribution in [2.45, 2.75) is 39.5 Å². The molecule has 1 amide bonds. The summed E-state index contributed by atoms with van der Waals surface area (Å²) in [4.78, 5) is 22.2. The van der Waals surface area contributed by atoms with Gasteiger partial charge in [0.05, 0.1) is 16.8 Å². The summed E-state index contributed by atoms with van der Waals surface area (Å²) in [5.74, 6) is -0.0690. The molecule has 24 heavy (non-hydrogen) atoms. The Morgan fingerprint density at radius 1 is 1.17 bits per heavy atom. The van der Waals surface area contributed by atoms with Crippen molar-refractivity contribution >= 4 is 33.3 Å². The third kappa shape index (κ3) is 2.69. The molecular weight excluding hydrogens is 318 g/mol. The van der Waals surface area contributed by atoms with E-state index in [9.17, 15) is 4.79 Å². The maximum Gasteiger partial charge on any atom is 0.258 e.